The van der Waals surface area contributed by atoms with E-state index in [1.165, 1.54) is 0 Å². The number of carbonyl (C=O) groups is 1. The van der Waals surface area contributed by atoms with Crippen LogP contribution in [0.5, 0.6) is 17.2 Å². The molecule has 5 heteroatoms. The van der Waals surface area contributed by atoms with Crippen molar-refractivity contribution < 1.29 is 19.0 Å². The van der Waals surface area contributed by atoms with E-state index in [9.17, 15) is 4.79 Å². The van der Waals surface area contributed by atoms with Gasteiger partial charge in [0.1, 0.15) is 17.2 Å². The van der Waals surface area contributed by atoms with Gasteiger partial charge in [0, 0.05) is 17.2 Å². The van der Waals surface area contributed by atoms with E-state index in [1.54, 1.807) is 27.4 Å². The maximum atomic E-state index is 13.1. The molecular formula is C20H23NO4. The van der Waals surface area contributed by atoms with Gasteiger partial charge in [-0.25, -0.2) is 0 Å². The molecule has 0 saturated heterocycles. The van der Waals surface area contributed by atoms with Gasteiger partial charge in [0.25, 0.3) is 5.91 Å². The Labute approximate surface area is 148 Å². The fourth-order valence-electron chi connectivity index (χ4n) is 2.86. The van der Waals surface area contributed by atoms with Crippen molar-refractivity contribution in [1.82, 2.24) is 4.90 Å². The zero-order chi connectivity index (χ0) is 17.8. The van der Waals surface area contributed by atoms with Crippen molar-refractivity contribution in [3.63, 3.8) is 0 Å². The highest BCUT2D eigenvalue weighted by Crippen LogP contribution is 2.33. The van der Waals surface area contributed by atoms with E-state index in [-0.39, 0.29) is 11.9 Å². The number of nitrogens with zero attached hydrogens (tertiary/aromatic N) is 1. The van der Waals surface area contributed by atoms with Gasteiger partial charge in [-0.2, -0.15) is 0 Å². The number of benzene rings is 2. The Balaban J connectivity index is 1.88. The first kappa shape index (κ1) is 17.1. The van der Waals surface area contributed by atoms with Crippen molar-refractivity contribution in [2.45, 2.75) is 25.4 Å². The second-order valence-electron chi connectivity index (χ2n) is 6.07. The van der Waals surface area contributed by atoms with Crippen LogP contribution >= 0.6 is 0 Å². The van der Waals surface area contributed by atoms with Crippen molar-refractivity contribution in [2.75, 3.05) is 21.3 Å². The lowest BCUT2D eigenvalue weighted by Gasteiger charge is -2.24. The number of rotatable bonds is 7. The SMILES string of the molecule is COc1cccc(C(=O)N(Cc2cc(OC)ccc2OC)C2CC2)c1. The van der Waals surface area contributed by atoms with E-state index in [0.29, 0.717) is 17.9 Å². The topological polar surface area (TPSA) is 48.0 Å². The Morgan fingerprint density at radius 2 is 1.72 bits per heavy atom. The first-order chi connectivity index (χ1) is 12.2. The molecule has 1 aliphatic carbocycles. The van der Waals surface area contributed by atoms with Crippen LogP contribution in [0.4, 0.5) is 0 Å². The molecule has 0 aliphatic heterocycles. The van der Waals surface area contributed by atoms with Crippen LogP contribution in [0.3, 0.4) is 0 Å². The third-order valence-corrected chi connectivity index (χ3v) is 4.39. The highest BCUT2D eigenvalue weighted by atomic mass is 16.5. The number of carbonyl (C=O) groups excluding carboxylic acids is 1. The van der Waals surface area contributed by atoms with E-state index in [1.807, 2.05) is 41.3 Å². The minimum atomic E-state index is 0.00581. The molecule has 2 aromatic carbocycles. The van der Waals surface area contributed by atoms with Crippen LogP contribution in [-0.4, -0.2) is 38.2 Å². The molecule has 0 bridgehead atoms. The van der Waals surface area contributed by atoms with Gasteiger partial charge in [0.15, 0.2) is 0 Å². The smallest absolute Gasteiger partial charge is 0.254 e. The minimum absolute atomic E-state index is 0.00581. The van der Waals surface area contributed by atoms with Gasteiger partial charge in [-0.15, -0.1) is 0 Å². The molecule has 1 fully saturated rings. The van der Waals surface area contributed by atoms with Crippen LogP contribution in [0, 0.1) is 0 Å². The van der Waals surface area contributed by atoms with Crippen molar-refractivity contribution in [3.8, 4) is 17.2 Å². The molecule has 0 aromatic heterocycles. The second-order valence-corrected chi connectivity index (χ2v) is 6.07. The number of hydrogen-bond donors (Lipinski definition) is 0. The molecular weight excluding hydrogens is 318 g/mol. The summed E-state index contributed by atoms with van der Waals surface area (Å²) in [5.74, 6) is 2.19. The number of ether oxygens (including phenoxy) is 3. The monoisotopic (exact) mass is 341 g/mol. The fourth-order valence-corrected chi connectivity index (χ4v) is 2.86. The highest BCUT2D eigenvalue weighted by molar-refractivity contribution is 5.95. The van der Waals surface area contributed by atoms with Crippen molar-refractivity contribution >= 4 is 5.91 Å². The second kappa shape index (κ2) is 7.47. The lowest BCUT2D eigenvalue weighted by atomic mass is 10.1. The largest absolute Gasteiger partial charge is 0.497 e. The highest BCUT2D eigenvalue weighted by Gasteiger charge is 2.33. The quantitative estimate of drug-likeness (QED) is 0.773. The first-order valence-electron chi connectivity index (χ1n) is 8.32. The summed E-state index contributed by atoms with van der Waals surface area (Å²) in [4.78, 5) is 15.0. The summed E-state index contributed by atoms with van der Waals surface area (Å²) in [5.41, 5.74) is 1.57. The summed E-state index contributed by atoms with van der Waals surface area (Å²) in [6.07, 6.45) is 2.06. The summed E-state index contributed by atoms with van der Waals surface area (Å²) >= 11 is 0. The molecule has 0 atom stereocenters. The summed E-state index contributed by atoms with van der Waals surface area (Å²) in [7, 11) is 4.87. The molecule has 5 nitrogen and oxygen atoms in total. The first-order valence-corrected chi connectivity index (χ1v) is 8.32. The molecule has 1 amide bonds. The molecule has 0 spiro atoms. The zero-order valence-electron chi connectivity index (χ0n) is 14.8. The maximum Gasteiger partial charge on any atom is 0.254 e. The van der Waals surface area contributed by atoms with Crippen LogP contribution in [0.1, 0.15) is 28.8 Å². The predicted molar refractivity (Wildman–Crippen MR) is 95.4 cm³/mol. The summed E-state index contributed by atoms with van der Waals surface area (Å²) in [5, 5.41) is 0. The number of methoxy groups -OCH3 is 3. The minimum Gasteiger partial charge on any atom is -0.497 e. The fraction of sp³-hybridized carbons (Fsp3) is 0.350. The molecule has 0 N–H and O–H groups in total. The maximum absolute atomic E-state index is 13.1. The average Bonchev–Trinajstić information content (AvgIpc) is 3.50. The van der Waals surface area contributed by atoms with E-state index in [0.717, 1.165) is 29.9 Å². The average molecular weight is 341 g/mol. The molecule has 0 radical (unpaired) electrons. The normalized spacial score (nSPS) is 13.2. The van der Waals surface area contributed by atoms with Crippen molar-refractivity contribution in [1.29, 1.82) is 0 Å². The summed E-state index contributed by atoms with van der Waals surface area (Å²) in [6.45, 7) is 0.487. The van der Waals surface area contributed by atoms with Crippen LogP contribution < -0.4 is 14.2 Å². The predicted octanol–water partition coefficient (Wildman–Crippen LogP) is 3.52. The van der Waals surface area contributed by atoms with Gasteiger partial charge >= 0.3 is 0 Å². The Bertz CT molecular complexity index is 755. The molecule has 0 heterocycles. The number of amides is 1. The van der Waals surface area contributed by atoms with Gasteiger partial charge in [-0.05, 0) is 49.2 Å². The van der Waals surface area contributed by atoms with E-state index in [2.05, 4.69) is 0 Å². The summed E-state index contributed by atoms with van der Waals surface area (Å²) in [6, 6.07) is 13.2. The van der Waals surface area contributed by atoms with Crippen LogP contribution in [0.2, 0.25) is 0 Å². The lowest BCUT2D eigenvalue weighted by Crippen LogP contribution is -2.32. The molecule has 0 unspecified atom stereocenters. The Hall–Kier alpha value is -2.69. The molecule has 2 aromatic rings. The van der Waals surface area contributed by atoms with Crippen molar-refractivity contribution in [2.24, 2.45) is 0 Å². The molecule has 1 saturated carbocycles. The zero-order valence-corrected chi connectivity index (χ0v) is 14.8. The van der Waals surface area contributed by atoms with Crippen LogP contribution in [-0.2, 0) is 6.54 Å². The number of hydrogen-bond acceptors (Lipinski definition) is 4. The van der Waals surface area contributed by atoms with Crippen LogP contribution in [0.25, 0.3) is 0 Å². The van der Waals surface area contributed by atoms with E-state index in [4.69, 9.17) is 14.2 Å². The third kappa shape index (κ3) is 3.87. The Morgan fingerprint density at radius 3 is 2.36 bits per heavy atom. The van der Waals surface area contributed by atoms with Gasteiger partial charge < -0.3 is 19.1 Å². The summed E-state index contributed by atoms with van der Waals surface area (Å²) < 4.78 is 16.0. The Kier molecular flexibility index (Phi) is 5.12. The van der Waals surface area contributed by atoms with Gasteiger partial charge in [0.05, 0.1) is 27.9 Å². The van der Waals surface area contributed by atoms with Crippen LogP contribution in [0.15, 0.2) is 42.5 Å². The Morgan fingerprint density at radius 1 is 1.00 bits per heavy atom. The van der Waals surface area contributed by atoms with Gasteiger partial charge in [0.2, 0.25) is 0 Å². The standard InChI is InChI=1S/C20H23NO4/c1-23-17-6-4-5-14(11-17)20(22)21(16-7-8-16)13-15-12-18(24-2)9-10-19(15)25-3/h4-6,9-12,16H,7-8,13H2,1-3H3. The lowest BCUT2D eigenvalue weighted by molar-refractivity contribution is 0.0728. The van der Waals surface area contributed by atoms with Crippen molar-refractivity contribution in [3.05, 3.63) is 53.6 Å². The molecule has 25 heavy (non-hydrogen) atoms. The molecule has 132 valence electrons. The van der Waals surface area contributed by atoms with Gasteiger partial charge in [-0.3, -0.25) is 4.79 Å². The third-order valence-electron chi connectivity index (χ3n) is 4.39. The van der Waals surface area contributed by atoms with E-state index < -0.39 is 0 Å². The molecule has 3 rings (SSSR count). The van der Waals surface area contributed by atoms with E-state index >= 15 is 0 Å². The molecule has 1 aliphatic rings. The van der Waals surface area contributed by atoms with Gasteiger partial charge in [-0.1, -0.05) is 6.07 Å².